The standard InChI is InChI=1S/C14H10ClN7/c15-14-4-3-10(17-19-14)7-22-8-12(18-20-22)11-2-1-5-21-9-16-6-13(11)21/h1-6,8-9H,7H2. The van der Waals surface area contributed by atoms with Crippen molar-refractivity contribution in [2.45, 2.75) is 6.54 Å². The lowest BCUT2D eigenvalue weighted by Crippen LogP contribution is -2.03. The minimum Gasteiger partial charge on any atom is -0.306 e. The Hall–Kier alpha value is -2.80. The van der Waals surface area contributed by atoms with Gasteiger partial charge in [-0.3, -0.25) is 0 Å². The van der Waals surface area contributed by atoms with Gasteiger partial charge in [-0.1, -0.05) is 16.8 Å². The number of pyridine rings is 1. The Morgan fingerprint density at radius 3 is 2.91 bits per heavy atom. The Kier molecular flexibility index (Phi) is 3.05. The van der Waals surface area contributed by atoms with Crippen LogP contribution in [0.2, 0.25) is 5.15 Å². The monoisotopic (exact) mass is 311 g/mol. The molecule has 0 aromatic carbocycles. The second-order valence-corrected chi connectivity index (χ2v) is 5.14. The maximum absolute atomic E-state index is 5.73. The first-order valence-electron chi connectivity index (χ1n) is 6.59. The van der Waals surface area contributed by atoms with Crippen molar-refractivity contribution in [2.75, 3.05) is 0 Å². The quantitative estimate of drug-likeness (QED) is 0.579. The minimum atomic E-state index is 0.371. The molecule has 7 nitrogen and oxygen atoms in total. The third kappa shape index (κ3) is 2.31. The highest BCUT2D eigenvalue weighted by Gasteiger charge is 2.09. The smallest absolute Gasteiger partial charge is 0.151 e. The van der Waals surface area contributed by atoms with E-state index in [0.29, 0.717) is 11.7 Å². The number of fused-ring (bicyclic) bond motifs is 1. The van der Waals surface area contributed by atoms with Crippen LogP contribution in [0.5, 0.6) is 0 Å². The van der Waals surface area contributed by atoms with Crippen molar-refractivity contribution in [3.05, 3.63) is 60.0 Å². The van der Waals surface area contributed by atoms with Crippen molar-refractivity contribution in [3.8, 4) is 11.3 Å². The maximum atomic E-state index is 5.73. The zero-order valence-corrected chi connectivity index (χ0v) is 12.1. The molecule has 0 amide bonds. The number of aromatic nitrogens is 7. The van der Waals surface area contributed by atoms with Crippen LogP contribution in [0.3, 0.4) is 0 Å². The van der Waals surface area contributed by atoms with Gasteiger partial charge in [-0.15, -0.1) is 10.2 Å². The molecule has 0 fully saturated rings. The summed E-state index contributed by atoms with van der Waals surface area (Å²) in [5.74, 6) is 0. The van der Waals surface area contributed by atoms with Gasteiger partial charge in [0.2, 0.25) is 0 Å². The number of nitrogens with zero attached hydrogens (tertiary/aromatic N) is 7. The summed E-state index contributed by atoms with van der Waals surface area (Å²) < 4.78 is 3.66. The van der Waals surface area contributed by atoms with Crippen LogP contribution >= 0.6 is 11.6 Å². The van der Waals surface area contributed by atoms with Gasteiger partial charge in [0.1, 0.15) is 5.69 Å². The third-order valence-electron chi connectivity index (χ3n) is 3.28. The molecule has 0 aliphatic heterocycles. The number of imidazole rings is 1. The highest BCUT2D eigenvalue weighted by molar-refractivity contribution is 6.29. The van der Waals surface area contributed by atoms with Crippen molar-refractivity contribution in [2.24, 2.45) is 0 Å². The van der Waals surface area contributed by atoms with E-state index in [1.54, 1.807) is 23.3 Å². The summed E-state index contributed by atoms with van der Waals surface area (Å²) in [5.41, 5.74) is 3.52. The zero-order valence-electron chi connectivity index (χ0n) is 11.3. The average Bonchev–Trinajstić information content (AvgIpc) is 3.18. The first-order valence-corrected chi connectivity index (χ1v) is 6.97. The fourth-order valence-corrected chi connectivity index (χ4v) is 2.36. The first-order chi connectivity index (χ1) is 10.8. The Labute approximate surface area is 130 Å². The topological polar surface area (TPSA) is 73.8 Å². The average molecular weight is 312 g/mol. The molecular weight excluding hydrogens is 302 g/mol. The predicted octanol–water partition coefficient (Wildman–Crippen LogP) is 2.08. The summed E-state index contributed by atoms with van der Waals surface area (Å²) in [6.45, 7) is 0.486. The lowest BCUT2D eigenvalue weighted by molar-refractivity contribution is 0.632. The van der Waals surface area contributed by atoms with E-state index >= 15 is 0 Å². The van der Waals surface area contributed by atoms with Crippen LogP contribution in [0.4, 0.5) is 0 Å². The second kappa shape index (κ2) is 5.19. The molecule has 0 atom stereocenters. The van der Waals surface area contributed by atoms with Crippen LogP contribution in [0.25, 0.3) is 16.8 Å². The largest absolute Gasteiger partial charge is 0.306 e. The third-order valence-corrected chi connectivity index (χ3v) is 3.48. The molecule has 0 aliphatic carbocycles. The van der Waals surface area contributed by atoms with Crippen molar-refractivity contribution in [3.63, 3.8) is 0 Å². The molecule has 0 bridgehead atoms. The lowest BCUT2D eigenvalue weighted by Gasteiger charge is -2.00. The van der Waals surface area contributed by atoms with E-state index in [9.17, 15) is 0 Å². The fourth-order valence-electron chi connectivity index (χ4n) is 2.26. The maximum Gasteiger partial charge on any atom is 0.151 e. The van der Waals surface area contributed by atoms with Gasteiger partial charge in [0, 0.05) is 11.8 Å². The van der Waals surface area contributed by atoms with Gasteiger partial charge in [-0.05, 0) is 24.3 Å². The molecule has 8 heteroatoms. The Bertz CT molecular complexity index is 926. The van der Waals surface area contributed by atoms with Crippen LogP contribution in [0, 0.1) is 0 Å². The Morgan fingerprint density at radius 1 is 1.09 bits per heavy atom. The van der Waals surface area contributed by atoms with E-state index in [4.69, 9.17) is 11.6 Å². The van der Waals surface area contributed by atoms with Gasteiger partial charge in [0.15, 0.2) is 5.15 Å². The van der Waals surface area contributed by atoms with Crippen LogP contribution < -0.4 is 0 Å². The molecule has 4 rings (SSSR count). The second-order valence-electron chi connectivity index (χ2n) is 4.76. The van der Waals surface area contributed by atoms with Gasteiger partial charge in [-0.25, -0.2) is 9.67 Å². The minimum absolute atomic E-state index is 0.371. The van der Waals surface area contributed by atoms with E-state index in [2.05, 4.69) is 25.5 Å². The normalized spacial score (nSPS) is 11.1. The van der Waals surface area contributed by atoms with Crippen molar-refractivity contribution in [1.82, 2.24) is 34.6 Å². The van der Waals surface area contributed by atoms with Crippen molar-refractivity contribution in [1.29, 1.82) is 0 Å². The highest BCUT2D eigenvalue weighted by Crippen LogP contribution is 2.21. The molecule has 4 heterocycles. The fraction of sp³-hybridized carbons (Fsp3) is 0.0714. The molecular formula is C14H10ClN7. The van der Waals surface area contributed by atoms with Crippen LogP contribution in [-0.2, 0) is 6.54 Å². The first kappa shape index (κ1) is 12.9. The van der Waals surface area contributed by atoms with E-state index in [1.165, 1.54) is 0 Å². The van der Waals surface area contributed by atoms with E-state index in [0.717, 1.165) is 22.5 Å². The van der Waals surface area contributed by atoms with Crippen LogP contribution in [0.1, 0.15) is 5.69 Å². The zero-order chi connectivity index (χ0) is 14.9. The summed E-state index contributed by atoms with van der Waals surface area (Å²) >= 11 is 5.73. The predicted molar refractivity (Wildman–Crippen MR) is 80.4 cm³/mol. The Balaban J connectivity index is 1.66. The molecule has 0 unspecified atom stereocenters. The molecule has 4 aromatic rings. The summed E-state index contributed by atoms with van der Waals surface area (Å²) in [4.78, 5) is 4.15. The number of halogens is 1. The van der Waals surface area contributed by atoms with Crippen molar-refractivity contribution >= 4 is 17.1 Å². The lowest BCUT2D eigenvalue weighted by atomic mass is 10.2. The summed E-state index contributed by atoms with van der Waals surface area (Å²) in [5, 5.41) is 16.6. The molecule has 0 aliphatic rings. The van der Waals surface area contributed by atoms with E-state index in [1.807, 2.05) is 35.0 Å². The molecule has 0 N–H and O–H groups in total. The number of hydrogen-bond donors (Lipinski definition) is 0. The van der Waals surface area contributed by atoms with Gasteiger partial charge in [0.05, 0.1) is 36.5 Å². The van der Waals surface area contributed by atoms with E-state index in [-0.39, 0.29) is 0 Å². The summed E-state index contributed by atoms with van der Waals surface area (Å²) in [6.07, 6.45) is 7.38. The Morgan fingerprint density at radius 2 is 2.05 bits per heavy atom. The SMILES string of the molecule is Clc1ccc(Cn2cc(-c3cccn4cncc34)nn2)nn1. The van der Waals surface area contributed by atoms with E-state index < -0.39 is 0 Å². The molecule has 22 heavy (non-hydrogen) atoms. The van der Waals surface area contributed by atoms with Gasteiger partial charge < -0.3 is 4.40 Å². The summed E-state index contributed by atoms with van der Waals surface area (Å²) in [7, 11) is 0. The molecule has 0 saturated carbocycles. The molecule has 0 saturated heterocycles. The van der Waals surface area contributed by atoms with Crippen molar-refractivity contribution < 1.29 is 0 Å². The molecule has 0 radical (unpaired) electrons. The molecule has 108 valence electrons. The summed E-state index contributed by atoms with van der Waals surface area (Å²) in [6, 6.07) is 7.46. The highest BCUT2D eigenvalue weighted by atomic mass is 35.5. The molecule has 4 aromatic heterocycles. The number of hydrogen-bond acceptors (Lipinski definition) is 5. The van der Waals surface area contributed by atoms with Gasteiger partial charge >= 0.3 is 0 Å². The molecule has 0 spiro atoms. The van der Waals surface area contributed by atoms with Gasteiger partial charge in [-0.2, -0.15) is 5.10 Å². The van der Waals surface area contributed by atoms with Gasteiger partial charge in [0.25, 0.3) is 0 Å². The van der Waals surface area contributed by atoms with Crippen LogP contribution in [0.15, 0.2) is 49.2 Å². The number of rotatable bonds is 3. The van der Waals surface area contributed by atoms with Crippen LogP contribution in [-0.4, -0.2) is 34.6 Å².